The smallest absolute Gasteiger partial charge is 0.120 e. The fourth-order valence-electron chi connectivity index (χ4n) is 2.15. The first-order valence-corrected chi connectivity index (χ1v) is 5.60. The minimum Gasteiger partial charge on any atom is -0.341 e. The first kappa shape index (κ1) is 8.36. The summed E-state index contributed by atoms with van der Waals surface area (Å²) < 4.78 is 2.13. The molecule has 0 spiro atoms. The van der Waals surface area contributed by atoms with Crippen LogP contribution < -0.4 is 3.93 Å². The van der Waals surface area contributed by atoms with Crippen molar-refractivity contribution in [3.8, 4) is 0 Å². The molecule has 3 heteroatoms. The van der Waals surface area contributed by atoms with E-state index in [9.17, 15) is 0 Å². The predicted molar refractivity (Wildman–Crippen MR) is 62.9 cm³/mol. The number of aryl methyl sites for hydroxylation is 1. The molecule has 3 rings (SSSR count). The number of aromatic nitrogens is 1. The van der Waals surface area contributed by atoms with Gasteiger partial charge in [0.1, 0.15) is 5.82 Å². The molecule has 0 atom stereocenters. The zero-order chi connectivity index (χ0) is 9.54. The molecule has 2 heterocycles. The van der Waals surface area contributed by atoms with Crippen LogP contribution in [0, 0.1) is 0 Å². The third kappa shape index (κ3) is 1.08. The summed E-state index contributed by atoms with van der Waals surface area (Å²) in [6, 6.07) is 8.50. The monoisotopic (exact) mass is 250 g/mol. The predicted octanol–water partition coefficient (Wildman–Crippen LogP) is 3.23. The molecule has 0 bridgehead atoms. The summed E-state index contributed by atoms with van der Waals surface area (Å²) in [6.07, 6.45) is 2.40. The highest BCUT2D eigenvalue weighted by molar-refractivity contribution is 9.10. The molecule has 1 aliphatic heterocycles. The maximum atomic E-state index is 3.57. The van der Waals surface area contributed by atoms with Crippen molar-refractivity contribution >= 4 is 32.9 Å². The molecule has 1 aromatic carbocycles. The molecule has 0 fully saturated rings. The summed E-state index contributed by atoms with van der Waals surface area (Å²) in [7, 11) is 0. The Hall–Kier alpha value is -0.960. The average molecular weight is 251 g/mol. The highest BCUT2D eigenvalue weighted by Gasteiger charge is 2.19. The van der Waals surface area contributed by atoms with Gasteiger partial charge in [-0.05, 0) is 18.9 Å². The number of aromatic amines is 1. The summed E-state index contributed by atoms with van der Waals surface area (Å²) in [5.74, 6) is 1.23. The van der Waals surface area contributed by atoms with Crippen molar-refractivity contribution in [2.24, 2.45) is 0 Å². The molecule has 0 saturated carbocycles. The quantitative estimate of drug-likeness (QED) is 0.712. The lowest BCUT2D eigenvalue weighted by Crippen LogP contribution is -2.18. The van der Waals surface area contributed by atoms with E-state index in [0.717, 1.165) is 6.54 Å². The van der Waals surface area contributed by atoms with Gasteiger partial charge in [-0.1, -0.05) is 18.2 Å². The first-order valence-electron chi connectivity index (χ1n) is 4.89. The van der Waals surface area contributed by atoms with Gasteiger partial charge in [-0.25, -0.2) is 0 Å². The Morgan fingerprint density at radius 3 is 3.07 bits per heavy atom. The van der Waals surface area contributed by atoms with E-state index in [0.29, 0.717) is 0 Å². The van der Waals surface area contributed by atoms with E-state index in [2.05, 4.69) is 49.3 Å². The van der Waals surface area contributed by atoms with E-state index < -0.39 is 0 Å². The Labute approximate surface area is 91.2 Å². The number of rotatable bonds is 0. The maximum Gasteiger partial charge on any atom is 0.120 e. The van der Waals surface area contributed by atoms with Crippen LogP contribution in [0.4, 0.5) is 5.82 Å². The van der Waals surface area contributed by atoms with Gasteiger partial charge in [0.05, 0.1) is 16.1 Å². The lowest BCUT2D eigenvalue weighted by Gasteiger charge is -2.21. The number of halogens is 1. The van der Waals surface area contributed by atoms with Crippen LogP contribution in [0.15, 0.2) is 24.3 Å². The SMILES string of the molecule is BrN1CCCc2c1[nH]c1ccccc21. The largest absolute Gasteiger partial charge is 0.341 e. The normalized spacial score (nSPS) is 15.9. The molecule has 0 saturated heterocycles. The molecule has 0 radical (unpaired) electrons. The van der Waals surface area contributed by atoms with Crippen molar-refractivity contribution in [3.63, 3.8) is 0 Å². The van der Waals surface area contributed by atoms with Crippen molar-refractivity contribution in [2.75, 3.05) is 10.5 Å². The summed E-state index contributed by atoms with van der Waals surface area (Å²) >= 11 is 3.57. The molecular formula is C11H11BrN2. The highest BCUT2D eigenvalue weighted by Crippen LogP contribution is 2.34. The second-order valence-corrected chi connectivity index (χ2v) is 4.54. The number of para-hydroxylation sites is 1. The fourth-order valence-corrected chi connectivity index (χ4v) is 2.71. The molecule has 14 heavy (non-hydrogen) atoms. The van der Waals surface area contributed by atoms with Crippen LogP contribution in [0.1, 0.15) is 12.0 Å². The van der Waals surface area contributed by atoms with Gasteiger partial charge >= 0.3 is 0 Å². The molecule has 2 nitrogen and oxygen atoms in total. The summed E-state index contributed by atoms with van der Waals surface area (Å²) in [5.41, 5.74) is 2.69. The number of fused-ring (bicyclic) bond motifs is 3. The Bertz CT molecular complexity index is 475. The molecule has 1 aliphatic rings. The van der Waals surface area contributed by atoms with Crippen molar-refractivity contribution in [3.05, 3.63) is 29.8 Å². The maximum absolute atomic E-state index is 3.57. The van der Waals surface area contributed by atoms with Gasteiger partial charge in [-0.2, -0.15) is 0 Å². The third-order valence-electron chi connectivity index (χ3n) is 2.81. The Kier molecular flexibility index (Phi) is 1.80. The van der Waals surface area contributed by atoms with E-state index in [1.165, 1.54) is 35.1 Å². The lowest BCUT2D eigenvalue weighted by molar-refractivity contribution is 0.800. The molecule has 2 aromatic rings. The van der Waals surface area contributed by atoms with Crippen molar-refractivity contribution < 1.29 is 0 Å². The summed E-state index contributed by atoms with van der Waals surface area (Å²) in [5, 5.41) is 1.37. The number of nitrogens with zero attached hydrogens (tertiary/aromatic N) is 1. The van der Waals surface area contributed by atoms with E-state index in [1.807, 2.05) is 0 Å². The van der Waals surface area contributed by atoms with Gasteiger partial charge in [0, 0.05) is 23.0 Å². The first-order chi connectivity index (χ1) is 6.86. The van der Waals surface area contributed by atoms with Gasteiger partial charge in [0.15, 0.2) is 0 Å². The van der Waals surface area contributed by atoms with E-state index in [1.54, 1.807) is 0 Å². The highest BCUT2D eigenvalue weighted by atomic mass is 79.9. The van der Waals surface area contributed by atoms with Crippen molar-refractivity contribution in [2.45, 2.75) is 12.8 Å². The second-order valence-electron chi connectivity index (χ2n) is 3.69. The number of hydrogen-bond donors (Lipinski definition) is 1. The molecular weight excluding hydrogens is 240 g/mol. The molecule has 1 N–H and O–H groups in total. The van der Waals surface area contributed by atoms with Crippen LogP contribution in [-0.4, -0.2) is 11.5 Å². The zero-order valence-electron chi connectivity index (χ0n) is 7.76. The Balaban J connectivity index is 2.32. The van der Waals surface area contributed by atoms with Gasteiger partial charge < -0.3 is 4.98 Å². The minimum absolute atomic E-state index is 1.08. The standard InChI is InChI=1S/C11H11BrN2/c12-14-7-3-5-9-8-4-1-2-6-10(8)13-11(9)14/h1-2,4,6,13H,3,5,7H2. The van der Waals surface area contributed by atoms with Crippen LogP contribution in [0.2, 0.25) is 0 Å². The fraction of sp³-hybridized carbons (Fsp3) is 0.273. The number of nitrogens with one attached hydrogen (secondary N) is 1. The van der Waals surface area contributed by atoms with Crippen molar-refractivity contribution in [1.82, 2.24) is 4.98 Å². The summed E-state index contributed by atoms with van der Waals surface area (Å²) in [6.45, 7) is 1.08. The van der Waals surface area contributed by atoms with Gasteiger partial charge in [0.25, 0.3) is 0 Å². The van der Waals surface area contributed by atoms with Crippen LogP contribution in [0.3, 0.4) is 0 Å². The van der Waals surface area contributed by atoms with E-state index >= 15 is 0 Å². The van der Waals surface area contributed by atoms with E-state index in [4.69, 9.17) is 0 Å². The summed E-state index contributed by atoms with van der Waals surface area (Å²) in [4.78, 5) is 3.44. The van der Waals surface area contributed by atoms with Gasteiger partial charge in [-0.3, -0.25) is 3.93 Å². The Morgan fingerprint density at radius 1 is 1.29 bits per heavy atom. The average Bonchev–Trinajstić information content (AvgIpc) is 2.59. The zero-order valence-corrected chi connectivity index (χ0v) is 9.34. The molecule has 0 amide bonds. The number of H-pyrrole nitrogens is 1. The van der Waals surface area contributed by atoms with Gasteiger partial charge in [0.2, 0.25) is 0 Å². The Morgan fingerprint density at radius 2 is 2.14 bits per heavy atom. The van der Waals surface area contributed by atoms with Crippen LogP contribution in [-0.2, 0) is 6.42 Å². The molecule has 1 aromatic heterocycles. The molecule has 72 valence electrons. The number of hydrogen-bond acceptors (Lipinski definition) is 1. The molecule has 0 aliphatic carbocycles. The number of anilines is 1. The minimum atomic E-state index is 1.08. The van der Waals surface area contributed by atoms with Crippen LogP contribution in [0.25, 0.3) is 10.9 Å². The van der Waals surface area contributed by atoms with Crippen LogP contribution >= 0.6 is 16.1 Å². The molecule has 0 unspecified atom stereocenters. The lowest BCUT2D eigenvalue weighted by atomic mass is 10.1. The third-order valence-corrected chi connectivity index (χ3v) is 3.52. The number of benzene rings is 1. The van der Waals surface area contributed by atoms with E-state index in [-0.39, 0.29) is 0 Å². The van der Waals surface area contributed by atoms with Crippen LogP contribution in [0.5, 0.6) is 0 Å². The second kappa shape index (κ2) is 3.02. The van der Waals surface area contributed by atoms with Gasteiger partial charge in [-0.15, -0.1) is 0 Å². The van der Waals surface area contributed by atoms with Crippen molar-refractivity contribution in [1.29, 1.82) is 0 Å². The topological polar surface area (TPSA) is 19.0 Å².